The molecular weight excluding hydrogens is 102 g/mol. The van der Waals surface area contributed by atoms with E-state index in [0.717, 1.165) is 19.5 Å². The highest BCUT2D eigenvalue weighted by Crippen LogP contribution is 2.32. The van der Waals surface area contributed by atoms with Gasteiger partial charge in [-0.3, -0.25) is 4.79 Å². The quantitative estimate of drug-likeness (QED) is 0.469. The molecule has 8 heavy (non-hydrogen) atoms. The first-order valence-electron chi connectivity index (χ1n) is 3.11. The molecule has 2 nitrogen and oxygen atoms in total. The number of hydrogen-bond acceptors (Lipinski definition) is 2. The molecule has 0 spiro atoms. The molecule has 1 saturated carbocycles. The van der Waals surface area contributed by atoms with Crippen LogP contribution in [0.25, 0.3) is 0 Å². The normalized spacial score (nSPS) is 43.8. The van der Waals surface area contributed by atoms with Gasteiger partial charge < -0.3 is 5.32 Å². The molecule has 1 aliphatic heterocycles. The van der Waals surface area contributed by atoms with Crippen molar-refractivity contribution < 1.29 is 4.79 Å². The number of ketones is 1. The van der Waals surface area contributed by atoms with Gasteiger partial charge in [0.25, 0.3) is 0 Å². The molecule has 0 amide bonds. The first kappa shape index (κ1) is 4.50. The zero-order chi connectivity index (χ0) is 5.56. The standard InChI is InChI=1S/C6H9NO/c8-6-1-4-2-7-3-5(4)6/h4-5,7H,1-3H2/t4-,5-/m0/s1. The summed E-state index contributed by atoms with van der Waals surface area (Å²) in [7, 11) is 0. The average Bonchev–Trinajstić information content (AvgIpc) is 2.09. The fraction of sp³-hybridized carbons (Fsp3) is 0.833. The Bertz CT molecular complexity index is 132. The maximum absolute atomic E-state index is 10.7. The molecule has 1 N–H and O–H groups in total. The summed E-state index contributed by atoms with van der Waals surface area (Å²) >= 11 is 0. The maximum atomic E-state index is 10.7. The number of nitrogens with one attached hydrogen (secondary N) is 1. The number of carbonyl (C=O) groups excluding carboxylic acids is 1. The molecule has 1 aliphatic carbocycles. The summed E-state index contributed by atoms with van der Waals surface area (Å²) in [6, 6.07) is 0. The van der Waals surface area contributed by atoms with Crippen molar-refractivity contribution in [1.82, 2.24) is 5.32 Å². The lowest BCUT2D eigenvalue weighted by molar-refractivity contribution is -0.131. The molecule has 1 heterocycles. The van der Waals surface area contributed by atoms with Crippen molar-refractivity contribution in [1.29, 1.82) is 0 Å². The molecule has 0 bridgehead atoms. The van der Waals surface area contributed by atoms with Gasteiger partial charge in [-0.25, -0.2) is 0 Å². The second kappa shape index (κ2) is 1.32. The van der Waals surface area contributed by atoms with E-state index in [-0.39, 0.29) is 0 Å². The van der Waals surface area contributed by atoms with Gasteiger partial charge in [-0.1, -0.05) is 0 Å². The highest BCUT2D eigenvalue weighted by molar-refractivity contribution is 5.88. The van der Waals surface area contributed by atoms with Crippen molar-refractivity contribution in [2.75, 3.05) is 13.1 Å². The molecule has 0 unspecified atom stereocenters. The van der Waals surface area contributed by atoms with E-state index in [2.05, 4.69) is 5.32 Å². The van der Waals surface area contributed by atoms with Crippen LogP contribution < -0.4 is 5.32 Å². The number of hydrogen-bond donors (Lipinski definition) is 1. The largest absolute Gasteiger partial charge is 0.316 e. The Balaban J connectivity index is 2.11. The number of rotatable bonds is 0. The van der Waals surface area contributed by atoms with Crippen LogP contribution in [0.1, 0.15) is 6.42 Å². The van der Waals surface area contributed by atoms with Crippen LogP contribution in [0.4, 0.5) is 0 Å². The number of Topliss-reactive ketones (excluding diaryl/α,β-unsaturated/α-hetero) is 1. The molecule has 0 radical (unpaired) electrons. The van der Waals surface area contributed by atoms with Gasteiger partial charge in [0.1, 0.15) is 5.78 Å². The van der Waals surface area contributed by atoms with Crippen LogP contribution in [-0.2, 0) is 4.79 Å². The van der Waals surface area contributed by atoms with Gasteiger partial charge in [0.15, 0.2) is 0 Å². The molecule has 0 aromatic rings. The molecule has 2 atom stereocenters. The lowest BCUT2D eigenvalue weighted by Gasteiger charge is -2.26. The van der Waals surface area contributed by atoms with E-state index in [4.69, 9.17) is 0 Å². The van der Waals surface area contributed by atoms with E-state index in [1.54, 1.807) is 0 Å². The molecule has 0 aromatic carbocycles. The predicted octanol–water partition coefficient (Wildman–Crippen LogP) is -0.205. The topological polar surface area (TPSA) is 29.1 Å². The second-order valence-corrected chi connectivity index (χ2v) is 2.70. The SMILES string of the molecule is O=C1C[C@H]2CNC[C@H]12. The summed E-state index contributed by atoms with van der Waals surface area (Å²) in [5.74, 6) is 1.59. The third-order valence-corrected chi connectivity index (χ3v) is 2.22. The lowest BCUT2D eigenvalue weighted by Crippen LogP contribution is -2.35. The highest BCUT2D eigenvalue weighted by atomic mass is 16.1. The lowest BCUT2D eigenvalue weighted by atomic mass is 9.75. The van der Waals surface area contributed by atoms with Gasteiger partial charge in [-0.05, 0) is 12.5 Å². The average molecular weight is 111 g/mol. The Morgan fingerprint density at radius 3 is 2.88 bits per heavy atom. The van der Waals surface area contributed by atoms with E-state index < -0.39 is 0 Å². The van der Waals surface area contributed by atoms with Crippen LogP contribution in [-0.4, -0.2) is 18.9 Å². The van der Waals surface area contributed by atoms with Crippen molar-refractivity contribution in [2.24, 2.45) is 11.8 Å². The van der Waals surface area contributed by atoms with Crippen molar-refractivity contribution in [3.05, 3.63) is 0 Å². The summed E-state index contributed by atoms with van der Waals surface area (Å²) in [5.41, 5.74) is 0. The molecular formula is C6H9NO. The van der Waals surface area contributed by atoms with Crippen LogP contribution in [0.2, 0.25) is 0 Å². The van der Waals surface area contributed by atoms with Crippen molar-refractivity contribution in [2.45, 2.75) is 6.42 Å². The summed E-state index contributed by atoms with van der Waals surface area (Å²) in [5, 5.41) is 3.19. The number of fused-ring (bicyclic) bond motifs is 1. The van der Waals surface area contributed by atoms with E-state index in [9.17, 15) is 4.79 Å². The zero-order valence-electron chi connectivity index (χ0n) is 4.68. The minimum absolute atomic E-state index is 0.412. The monoisotopic (exact) mass is 111 g/mol. The molecule has 2 rings (SSSR count). The molecule has 0 aromatic heterocycles. The van der Waals surface area contributed by atoms with Crippen molar-refractivity contribution in [3.8, 4) is 0 Å². The van der Waals surface area contributed by atoms with Gasteiger partial charge in [0, 0.05) is 18.9 Å². The van der Waals surface area contributed by atoms with Crippen LogP contribution in [0, 0.1) is 11.8 Å². The van der Waals surface area contributed by atoms with Gasteiger partial charge >= 0.3 is 0 Å². The third kappa shape index (κ3) is 0.388. The van der Waals surface area contributed by atoms with Gasteiger partial charge in [-0.15, -0.1) is 0 Å². The van der Waals surface area contributed by atoms with Gasteiger partial charge in [0.05, 0.1) is 0 Å². The third-order valence-electron chi connectivity index (χ3n) is 2.22. The first-order valence-corrected chi connectivity index (χ1v) is 3.11. The van der Waals surface area contributed by atoms with Gasteiger partial charge in [0.2, 0.25) is 0 Å². The Morgan fingerprint density at radius 2 is 2.38 bits per heavy atom. The second-order valence-electron chi connectivity index (χ2n) is 2.70. The molecule has 44 valence electrons. The van der Waals surface area contributed by atoms with Crippen molar-refractivity contribution in [3.63, 3.8) is 0 Å². The van der Waals surface area contributed by atoms with E-state index >= 15 is 0 Å². The number of carbonyl (C=O) groups is 1. The minimum Gasteiger partial charge on any atom is -0.316 e. The molecule has 1 saturated heterocycles. The minimum atomic E-state index is 0.412. The van der Waals surface area contributed by atoms with Gasteiger partial charge in [-0.2, -0.15) is 0 Å². The maximum Gasteiger partial charge on any atom is 0.137 e. The van der Waals surface area contributed by atoms with Crippen LogP contribution in [0.3, 0.4) is 0 Å². The smallest absolute Gasteiger partial charge is 0.137 e. The predicted molar refractivity (Wildman–Crippen MR) is 29.5 cm³/mol. The van der Waals surface area contributed by atoms with E-state index in [1.165, 1.54) is 0 Å². The zero-order valence-corrected chi connectivity index (χ0v) is 4.68. The fourth-order valence-corrected chi connectivity index (χ4v) is 1.57. The van der Waals surface area contributed by atoms with Crippen LogP contribution >= 0.6 is 0 Å². The summed E-state index contributed by atoms with van der Waals surface area (Å²) in [6.45, 7) is 2.03. The Labute approximate surface area is 48.3 Å². The van der Waals surface area contributed by atoms with Crippen molar-refractivity contribution >= 4 is 5.78 Å². The summed E-state index contributed by atoms with van der Waals surface area (Å²) in [6.07, 6.45) is 0.845. The Kier molecular flexibility index (Phi) is 0.742. The van der Waals surface area contributed by atoms with Crippen LogP contribution in [0.15, 0.2) is 0 Å². The van der Waals surface area contributed by atoms with E-state index in [0.29, 0.717) is 17.6 Å². The first-order chi connectivity index (χ1) is 3.88. The molecule has 2 fully saturated rings. The van der Waals surface area contributed by atoms with E-state index in [1.807, 2.05) is 0 Å². The Hall–Kier alpha value is -0.370. The highest BCUT2D eigenvalue weighted by Gasteiger charge is 2.42. The fourth-order valence-electron chi connectivity index (χ4n) is 1.57. The molecule has 2 aliphatic rings. The Morgan fingerprint density at radius 1 is 1.50 bits per heavy atom. The summed E-state index contributed by atoms with van der Waals surface area (Å²) < 4.78 is 0. The van der Waals surface area contributed by atoms with Crippen LogP contribution in [0.5, 0.6) is 0 Å². The molecule has 2 heteroatoms. The summed E-state index contributed by atoms with van der Waals surface area (Å²) in [4.78, 5) is 10.7.